The number of amides is 4. The Kier molecular flexibility index (Phi) is 6.78. The average Bonchev–Trinajstić information content (AvgIpc) is 3.61. The summed E-state index contributed by atoms with van der Waals surface area (Å²) in [6, 6.07) is 4.03. The molecule has 2 aliphatic rings. The summed E-state index contributed by atoms with van der Waals surface area (Å²) >= 11 is 0. The van der Waals surface area contributed by atoms with E-state index in [1.807, 2.05) is 0 Å². The number of benzene rings is 2. The van der Waals surface area contributed by atoms with Gasteiger partial charge in [0.05, 0.1) is 23.0 Å². The molecule has 0 radical (unpaired) electrons. The van der Waals surface area contributed by atoms with Crippen molar-refractivity contribution in [1.29, 1.82) is 0 Å². The Morgan fingerprint density at radius 3 is 2.35 bits per heavy atom. The molecule has 4 rings (SSSR count). The van der Waals surface area contributed by atoms with Crippen LogP contribution >= 0.6 is 0 Å². The second-order valence-corrected chi connectivity index (χ2v) is 11.2. The fourth-order valence-electron chi connectivity index (χ4n) is 4.25. The van der Waals surface area contributed by atoms with Gasteiger partial charge in [0.1, 0.15) is 11.9 Å². The summed E-state index contributed by atoms with van der Waals surface area (Å²) in [7, 11) is -2.28. The first-order valence-corrected chi connectivity index (χ1v) is 13.1. The number of halogens is 4. The van der Waals surface area contributed by atoms with Gasteiger partial charge in [0.25, 0.3) is 5.91 Å². The van der Waals surface area contributed by atoms with Crippen molar-refractivity contribution in [3.05, 3.63) is 65.0 Å². The van der Waals surface area contributed by atoms with E-state index in [1.54, 1.807) is 0 Å². The maximum absolute atomic E-state index is 14.7. The highest BCUT2D eigenvalue weighted by molar-refractivity contribution is 7.90. The number of imide groups is 1. The maximum Gasteiger partial charge on any atom is 0.416 e. The molecule has 2 atom stereocenters. The van der Waals surface area contributed by atoms with Crippen molar-refractivity contribution in [2.45, 2.75) is 36.0 Å². The predicted molar refractivity (Wildman–Crippen MR) is 123 cm³/mol. The number of nitrogens with zero attached hydrogens (tertiary/aromatic N) is 2. The second kappa shape index (κ2) is 9.43. The smallest absolute Gasteiger partial charge is 0.347 e. The van der Waals surface area contributed by atoms with E-state index in [1.165, 1.54) is 25.2 Å². The average molecular weight is 542 g/mol. The number of likely N-dealkylation sites (N-methyl/N-ethyl adjacent to an activating group) is 1. The van der Waals surface area contributed by atoms with Crippen molar-refractivity contribution < 1.29 is 40.4 Å². The lowest BCUT2D eigenvalue weighted by molar-refractivity contribution is -0.137. The largest absolute Gasteiger partial charge is 0.416 e. The molecule has 198 valence electrons. The highest BCUT2D eigenvalue weighted by Gasteiger charge is 2.46. The maximum atomic E-state index is 14.7. The molecular formula is C24H23F4N3O5S. The SMILES string of the molecule is CN1CC(C(=O)N[C@@H](c2ccc(C(F)(F)F)cc2F)C2CC2)N(C(=O)c2cccc(S(C)(=O)=O)c2)C1=O. The van der Waals surface area contributed by atoms with Crippen LogP contribution in [0.1, 0.15) is 40.4 Å². The Bertz CT molecular complexity index is 1370. The van der Waals surface area contributed by atoms with E-state index >= 15 is 0 Å². The summed E-state index contributed by atoms with van der Waals surface area (Å²) in [6.45, 7) is -0.185. The summed E-state index contributed by atoms with van der Waals surface area (Å²) in [5.74, 6) is -3.04. The van der Waals surface area contributed by atoms with Crippen LogP contribution in [0.4, 0.5) is 22.4 Å². The molecule has 1 unspecified atom stereocenters. The molecule has 0 aromatic heterocycles. The van der Waals surface area contributed by atoms with Crippen LogP contribution in [0.15, 0.2) is 47.4 Å². The molecule has 1 N–H and O–H groups in total. The van der Waals surface area contributed by atoms with Gasteiger partial charge in [-0.1, -0.05) is 12.1 Å². The molecule has 2 aromatic rings. The van der Waals surface area contributed by atoms with E-state index in [9.17, 15) is 40.4 Å². The zero-order valence-electron chi connectivity index (χ0n) is 19.8. The predicted octanol–water partition coefficient (Wildman–Crippen LogP) is 3.39. The molecule has 1 saturated heterocycles. The lowest BCUT2D eigenvalue weighted by Gasteiger charge is -2.25. The molecule has 1 aliphatic carbocycles. The molecule has 2 aromatic carbocycles. The molecule has 2 fully saturated rings. The molecule has 37 heavy (non-hydrogen) atoms. The van der Waals surface area contributed by atoms with Crippen LogP contribution in [0, 0.1) is 11.7 Å². The first-order chi connectivity index (χ1) is 17.2. The van der Waals surface area contributed by atoms with Gasteiger partial charge in [-0.15, -0.1) is 0 Å². The van der Waals surface area contributed by atoms with Gasteiger partial charge < -0.3 is 10.2 Å². The number of carbonyl (C=O) groups is 3. The monoisotopic (exact) mass is 541 g/mol. The van der Waals surface area contributed by atoms with E-state index in [-0.39, 0.29) is 28.5 Å². The van der Waals surface area contributed by atoms with Gasteiger partial charge in [0.2, 0.25) is 5.91 Å². The third-order valence-electron chi connectivity index (χ3n) is 6.38. The number of rotatable bonds is 6. The Balaban J connectivity index is 1.61. The fourth-order valence-corrected chi connectivity index (χ4v) is 4.91. The van der Waals surface area contributed by atoms with E-state index in [0.29, 0.717) is 23.8 Å². The van der Waals surface area contributed by atoms with Crippen molar-refractivity contribution >= 4 is 27.7 Å². The van der Waals surface area contributed by atoms with Gasteiger partial charge in [0, 0.05) is 24.4 Å². The minimum Gasteiger partial charge on any atom is -0.347 e. The van der Waals surface area contributed by atoms with Gasteiger partial charge in [0.15, 0.2) is 9.84 Å². The number of sulfone groups is 1. The van der Waals surface area contributed by atoms with Crippen LogP contribution in [-0.4, -0.2) is 62.0 Å². The summed E-state index contributed by atoms with van der Waals surface area (Å²) in [5.41, 5.74) is -1.41. The summed E-state index contributed by atoms with van der Waals surface area (Å²) in [6.07, 6.45) is -2.56. The van der Waals surface area contributed by atoms with Crippen molar-refractivity contribution in [2.24, 2.45) is 5.92 Å². The van der Waals surface area contributed by atoms with Crippen LogP contribution < -0.4 is 5.32 Å². The van der Waals surface area contributed by atoms with E-state index < -0.39 is 57.3 Å². The Morgan fingerprint density at radius 1 is 1.11 bits per heavy atom. The normalized spacial score (nSPS) is 19.2. The van der Waals surface area contributed by atoms with Crippen LogP contribution in [-0.2, 0) is 20.8 Å². The molecule has 8 nitrogen and oxygen atoms in total. The minimum absolute atomic E-state index is 0.125. The van der Waals surface area contributed by atoms with Crippen LogP contribution in [0.3, 0.4) is 0 Å². The van der Waals surface area contributed by atoms with Crippen molar-refractivity contribution in [3.8, 4) is 0 Å². The van der Waals surface area contributed by atoms with Crippen molar-refractivity contribution in [1.82, 2.24) is 15.1 Å². The minimum atomic E-state index is -4.73. The standard InChI is InChI=1S/C24H23F4N3O5S/c1-30-12-19(31(23(30)34)22(33)14-4-3-5-16(10-14)37(2,35)36)21(32)29-20(13-6-7-13)17-9-8-15(11-18(17)25)24(26,27)28/h3-5,8-11,13,19-20H,6-7,12H2,1-2H3,(H,29,32)/t19?,20-/m1/s1. The summed E-state index contributed by atoms with van der Waals surface area (Å²) in [4.78, 5) is 41.0. The van der Waals surface area contributed by atoms with Gasteiger partial charge >= 0.3 is 12.2 Å². The van der Waals surface area contributed by atoms with Gasteiger partial charge in [-0.2, -0.15) is 13.2 Å². The third kappa shape index (κ3) is 5.45. The van der Waals surface area contributed by atoms with Crippen LogP contribution in [0.25, 0.3) is 0 Å². The number of alkyl halides is 3. The van der Waals surface area contributed by atoms with Crippen molar-refractivity contribution in [3.63, 3.8) is 0 Å². The van der Waals surface area contributed by atoms with Crippen LogP contribution in [0.5, 0.6) is 0 Å². The van der Waals surface area contributed by atoms with Crippen molar-refractivity contribution in [2.75, 3.05) is 19.8 Å². The number of urea groups is 1. The molecular weight excluding hydrogens is 518 g/mol. The number of carbonyl (C=O) groups excluding carboxylic acids is 3. The Morgan fingerprint density at radius 2 is 1.78 bits per heavy atom. The van der Waals surface area contributed by atoms with E-state index in [2.05, 4.69) is 5.32 Å². The molecule has 0 bridgehead atoms. The molecule has 1 saturated carbocycles. The highest BCUT2D eigenvalue weighted by atomic mass is 32.2. The van der Waals surface area contributed by atoms with Gasteiger partial charge in [-0.05, 0) is 49.1 Å². The summed E-state index contributed by atoms with van der Waals surface area (Å²) in [5, 5.41) is 2.62. The number of hydrogen-bond donors (Lipinski definition) is 1. The molecule has 1 aliphatic heterocycles. The zero-order chi connectivity index (χ0) is 27.3. The lowest BCUT2D eigenvalue weighted by atomic mass is 9.99. The molecule has 13 heteroatoms. The third-order valence-corrected chi connectivity index (χ3v) is 7.49. The molecule has 4 amide bonds. The Hall–Kier alpha value is -3.48. The number of hydrogen-bond acceptors (Lipinski definition) is 5. The van der Waals surface area contributed by atoms with Crippen LogP contribution in [0.2, 0.25) is 0 Å². The second-order valence-electron chi connectivity index (χ2n) is 9.21. The first-order valence-electron chi connectivity index (χ1n) is 11.2. The quantitative estimate of drug-likeness (QED) is 0.565. The van der Waals surface area contributed by atoms with Gasteiger partial charge in [-0.3, -0.25) is 9.59 Å². The molecule has 0 spiro atoms. The number of nitrogens with one attached hydrogen (secondary N) is 1. The zero-order valence-corrected chi connectivity index (χ0v) is 20.6. The first kappa shape index (κ1) is 26.6. The Labute approximate surface area is 210 Å². The fraction of sp³-hybridized carbons (Fsp3) is 0.375. The topological polar surface area (TPSA) is 104 Å². The highest BCUT2D eigenvalue weighted by Crippen LogP contribution is 2.43. The van der Waals surface area contributed by atoms with E-state index in [4.69, 9.17) is 0 Å². The summed E-state index contributed by atoms with van der Waals surface area (Å²) < 4.78 is 77.4. The molecule has 1 heterocycles. The van der Waals surface area contributed by atoms with Gasteiger partial charge in [-0.25, -0.2) is 22.5 Å². The van der Waals surface area contributed by atoms with E-state index in [0.717, 1.165) is 29.4 Å². The lowest BCUT2D eigenvalue weighted by Crippen LogP contribution is -2.49.